The van der Waals surface area contributed by atoms with Gasteiger partial charge in [0.05, 0.1) is 34.5 Å². The molecule has 166 valence electrons. The van der Waals surface area contributed by atoms with Crippen LogP contribution in [0.4, 0.5) is 21.5 Å². The van der Waals surface area contributed by atoms with Crippen molar-refractivity contribution in [1.82, 2.24) is 9.38 Å². The molecule has 1 unspecified atom stereocenters. The van der Waals surface area contributed by atoms with E-state index >= 15 is 0 Å². The molecule has 0 bridgehead atoms. The Labute approximate surface area is 192 Å². The van der Waals surface area contributed by atoms with Gasteiger partial charge >= 0.3 is 0 Å². The highest BCUT2D eigenvalue weighted by Crippen LogP contribution is 2.48. The van der Waals surface area contributed by atoms with E-state index in [2.05, 4.69) is 15.0 Å². The van der Waals surface area contributed by atoms with Gasteiger partial charge in [-0.1, -0.05) is 0 Å². The quantitative estimate of drug-likeness (QED) is 0.315. The van der Waals surface area contributed by atoms with Gasteiger partial charge in [0, 0.05) is 27.7 Å². The molecule has 11 heteroatoms. The first kappa shape index (κ1) is 22.2. The van der Waals surface area contributed by atoms with Crippen LogP contribution in [0.15, 0.2) is 36.8 Å². The van der Waals surface area contributed by atoms with Crippen molar-refractivity contribution >= 4 is 55.3 Å². The lowest BCUT2D eigenvalue weighted by Gasteiger charge is -2.23. The van der Waals surface area contributed by atoms with Crippen molar-refractivity contribution in [2.24, 2.45) is 0 Å². The van der Waals surface area contributed by atoms with Crippen LogP contribution >= 0.6 is 22.6 Å². The van der Waals surface area contributed by atoms with E-state index in [0.29, 0.717) is 29.7 Å². The Bertz CT molecular complexity index is 1240. The zero-order valence-electron chi connectivity index (χ0n) is 16.6. The number of halogens is 2. The van der Waals surface area contributed by atoms with Crippen LogP contribution in [0, 0.1) is 16.3 Å². The Morgan fingerprint density at radius 3 is 2.74 bits per heavy atom. The minimum absolute atomic E-state index is 0.0559. The summed E-state index contributed by atoms with van der Waals surface area (Å²) >= 11 is 2.01. The van der Waals surface area contributed by atoms with Gasteiger partial charge in [-0.3, -0.25) is 4.72 Å². The summed E-state index contributed by atoms with van der Waals surface area (Å²) in [7, 11) is -3.90. The Kier molecular flexibility index (Phi) is 5.87. The fraction of sp³-hybridized carbons (Fsp3) is 0.350. The van der Waals surface area contributed by atoms with Crippen LogP contribution in [0.1, 0.15) is 24.8 Å². The number of sulfonamides is 1. The predicted molar refractivity (Wildman–Crippen MR) is 125 cm³/mol. The molecular weight excluding hydrogens is 538 g/mol. The third-order valence-corrected chi connectivity index (χ3v) is 8.42. The highest BCUT2D eigenvalue weighted by Gasteiger charge is 2.55. The number of aryl methyl sites for hydroxylation is 1. The maximum Gasteiger partial charge on any atom is 0.238 e. The van der Waals surface area contributed by atoms with E-state index in [-0.39, 0.29) is 17.8 Å². The molecule has 4 N–H and O–H groups in total. The second kappa shape index (κ2) is 8.19. The Balaban J connectivity index is 1.76. The van der Waals surface area contributed by atoms with Crippen LogP contribution in [-0.2, 0) is 10.0 Å². The fourth-order valence-electron chi connectivity index (χ4n) is 3.66. The summed E-state index contributed by atoms with van der Waals surface area (Å²) in [4.78, 5) is 4.30. The predicted octanol–water partition coefficient (Wildman–Crippen LogP) is 3.15. The van der Waals surface area contributed by atoms with Gasteiger partial charge in [0.15, 0.2) is 0 Å². The Morgan fingerprint density at radius 2 is 2.10 bits per heavy atom. The first-order valence-electron chi connectivity index (χ1n) is 9.65. The molecule has 0 spiro atoms. The standard InChI is InChI=1S/C20H22FIN4O4S/c1-12-18(24-16-3-2-13(22)8-15(16)21)17(10-26-7-6-23-19(12)26)25-31(29,30)20(4-5-20)9-14(28)11-27/h2-3,6-8,10,14,24-25,27-28H,4-5,9,11H2,1H3. The van der Waals surface area contributed by atoms with Crippen molar-refractivity contribution in [3.8, 4) is 0 Å². The van der Waals surface area contributed by atoms with Crippen molar-refractivity contribution in [3.05, 3.63) is 51.7 Å². The van der Waals surface area contributed by atoms with Gasteiger partial charge in [0.1, 0.15) is 11.5 Å². The number of imidazole rings is 1. The van der Waals surface area contributed by atoms with Gasteiger partial charge in [-0.15, -0.1) is 0 Å². The number of nitrogens with one attached hydrogen (secondary N) is 2. The number of aliphatic hydroxyl groups excluding tert-OH is 2. The second-order valence-corrected chi connectivity index (χ2v) is 11.1. The molecule has 1 atom stereocenters. The number of nitrogens with zero attached hydrogens (tertiary/aromatic N) is 2. The minimum atomic E-state index is -3.90. The molecule has 2 aromatic heterocycles. The van der Waals surface area contributed by atoms with Gasteiger partial charge in [-0.25, -0.2) is 17.8 Å². The van der Waals surface area contributed by atoms with Gasteiger partial charge < -0.3 is 19.9 Å². The summed E-state index contributed by atoms with van der Waals surface area (Å²) in [5.41, 5.74) is 2.08. The average Bonchev–Trinajstić information content (AvgIpc) is 3.35. The molecule has 4 rings (SSSR count). The van der Waals surface area contributed by atoms with Crippen molar-refractivity contribution in [1.29, 1.82) is 0 Å². The molecule has 0 aliphatic heterocycles. The molecule has 0 amide bonds. The molecular formula is C20H22FIN4O4S. The molecule has 3 aromatic rings. The average molecular weight is 560 g/mol. The molecule has 0 radical (unpaired) electrons. The zero-order chi connectivity index (χ0) is 22.4. The monoisotopic (exact) mass is 560 g/mol. The van der Waals surface area contributed by atoms with Crippen LogP contribution in [-0.4, -0.2) is 45.5 Å². The second-order valence-electron chi connectivity index (χ2n) is 7.78. The van der Waals surface area contributed by atoms with E-state index in [0.717, 1.165) is 3.57 Å². The van der Waals surface area contributed by atoms with E-state index in [1.54, 1.807) is 42.0 Å². The lowest BCUT2D eigenvalue weighted by Crippen LogP contribution is -2.34. The number of rotatable bonds is 8. The highest BCUT2D eigenvalue weighted by atomic mass is 127. The van der Waals surface area contributed by atoms with Crippen LogP contribution < -0.4 is 10.0 Å². The SMILES string of the molecule is Cc1c(Nc2ccc(I)cc2F)c(NS(=O)(=O)C2(CC(O)CO)CC2)cn2ccnc12. The van der Waals surface area contributed by atoms with E-state index in [9.17, 15) is 17.9 Å². The molecule has 1 aliphatic rings. The number of benzene rings is 1. The first-order valence-corrected chi connectivity index (χ1v) is 12.2. The maximum atomic E-state index is 14.5. The van der Waals surface area contributed by atoms with E-state index in [1.165, 1.54) is 6.07 Å². The minimum Gasteiger partial charge on any atom is -0.394 e. The maximum absolute atomic E-state index is 14.5. The van der Waals surface area contributed by atoms with Crippen molar-refractivity contribution in [3.63, 3.8) is 0 Å². The van der Waals surface area contributed by atoms with E-state index < -0.39 is 33.3 Å². The molecule has 0 saturated heterocycles. The first-order chi connectivity index (χ1) is 14.7. The Morgan fingerprint density at radius 1 is 1.35 bits per heavy atom. The number of hydrogen-bond acceptors (Lipinski definition) is 6. The van der Waals surface area contributed by atoms with Gasteiger partial charge in [-0.2, -0.15) is 0 Å². The third kappa shape index (κ3) is 4.23. The highest BCUT2D eigenvalue weighted by molar-refractivity contribution is 14.1. The summed E-state index contributed by atoms with van der Waals surface area (Å²) in [5.74, 6) is -0.465. The molecule has 1 aliphatic carbocycles. The smallest absolute Gasteiger partial charge is 0.238 e. The number of hydrogen-bond donors (Lipinski definition) is 4. The topological polar surface area (TPSA) is 116 Å². The third-order valence-electron chi connectivity index (χ3n) is 5.55. The number of fused-ring (bicyclic) bond motifs is 1. The normalized spacial score (nSPS) is 16.3. The Hall–Kier alpha value is -1.96. The summed E-state index contributed by atoms with van der Waals surface area (Å²) in [5, 5.41) is 22.0. The van der Waals surface area contributed by atoms with Crippen molar-refractivity contribution < 1.29 is 23.0 Å². The molecule has 1 aromatic carbocycles. The largest absolute Gasteiger partial charge is 0.394 e. The van der Waals surface area contributed by atoms with E-state index in [1.807, 2.05) is 22.6 Å². The molecule has 8 nitrogen and oxygen atoms in total. The van der Waals surface area contributed by atoms with Crippen LogP contribution in [0.25, 0.3) is 5.65 Å². The number of anilines is 3. The lowest BCUT2D eigenvalue weighted by atomic mass is 10.2. The lowest BCUT2D eigenvalue weighted by molar-refractivity contribution is 0.0858. The van der Waals surface area contributed by atoms with Gasteiger partial charge in [-0.05, 0) is 67.0 Å². The van der Waals surface area contributed by atoms with Crippen LogP contribution in [0.5, 0.6) is 0 Å². The van der Waals surface area contributed by atoms with Crippen LogP contribution in [0.2, 0.25) is 0 Å². The zero-order valence-corrected chi connectivity index (χ0v) is 19.6. The van der Waals surface area contributed by atoms with E-state index in [4.69, 9.17) is 5.11 Å². The summed E-state index contributed by atoms with van der Waals surface area (Å²) < 4.78 is 44.8. The van der Waals surface area contributed by atoms with Crippen molar-refractivity contribution in [2.45, 2.75) is 37.0 Å². The summed E-state index contributed by atoms with van der Waals surface area (Å²) in [6, 6.07) is 4.71. The molecule has 31 heavy (non-hydrogen) atoms. The molecule has 1 saturated carbocycles. The molecule has 2 heterocycles. The van der Waals surface area contributed by atoms with Gasteiger partial charge in [0.2, 0.25) is 10.0 Å². The summed E-state index contributed by atoms with van der Waals surface area (Å²) in [6.45, 7) is 1.27. The summed E-state index contributed by atoms with van der Waals surface area (Å²) in [6.07, 6.45) is 4.47. The van der Waals surface area contributed by atoms with Gasteiger partial charge in [0.25, 0.3) is 0 Å². The fourth-order valence-corrected chi connectivity index (χ4v) is 5.82. The van der Waals surface area contributed by atoms with Crippen LogP contribution in [0.3, 0.4) is 0 Å². The number of aliphatic hydroxyl groups is 2. The number of pyridine rings is 1. The number of aromatic nitrogens is 2. The molecule has 1 fully saturated rings. The van der Waals surface area contributed by atoms with Crippen molar-refractivity contribution in [2.75, 3.05) is 16.6 Å².